The Bertz CT molecular complexity index is 961. The van der Waals surface area contributed by atoms with E-state index in [1.165, 1.54) is 0 Å². The summed E-state index contributed by atoms with van der Waals surface area (Å²) < 4.78 is 11.7. The van der Waals surface area contributed by atoms with Crippen LogP contribution in [0.15, 0.2) is 72.8 Å². The molecule has 3 aromatic rings. The van der Waals surface area contributed by atoms with Crippen molar-refractivity contribution in [3.63, 3.8) is 0 Å². The quantitative estimate of drug-likeness (QED) is 0.411. The average Bonchev–Trinajstić information content (AvgIpc) is 2.73. The summed E-state index contributed by atoms with van der Waals surface area (Å²) >= 11 is 6.45. The minimum Gasteiger partial charge on any atom is -0.489 e. The van der Waals surface area contributed by atoms with Crippen LogP contribution in [0.5, 0.6) is 17.2 Å². The molecule has 0 aromatic heterocycles. The SMILES string of the molecule is CC(N)(CC(O)CCO)c1ccc(Oc2ccc(OCc3ccccc3)cc2)cc1Cl. The Morgan fingerprint density at radius 3 is 2.26 bits per heavy atom. The van der Waals surface area contributed by atoms with Crippen molar-refractivity contribution in [1.82, 2.24) is 0 Å². The van der Waals surface area contributed by atoms with E-state index in [0.29, 0.717) is 28.7 Å². The summed E-state index contributed by atoms with van der Waals surface area (Å²) in [6.07, 6.45) is -0.135. The van der Waals surface area contributed by atoms with Crippen LogP contribution in [0.4, 0.5) is 0 Å². The molecule has 5 nitrogen and oxygen atoms in total. The van der Waals surface area contributed by atoms with Crippen LogP contribution in [-0.2, 0) is 12.1 Å². The van der Waals surface area contributed by atoms with E-state index in [0.717, 1.165) is 11.3 Å². The third kappa shape index (κ3) is 6.71. The molecule has 31 heavy (non-hydrogen) atoms. The molecule has 0 bridgehead atoms. The molecule has 0 radical (unpaired) electrons. The molecule has 0 aliphatic carbocycles. The second-order valence-electron chi connectivity index (χ2n) is 7.78. The fourth-order valence-electron chi connectivity index (χ4n) is 3.35. The first-order valence-electron chi connectivity index (χ1n) is 10.2. The highest BCUT2D eigenvalue weighted by Gasteiger charge is 2.27. The van der Waals surface area contributed by atoms with Crippen LogP contribution in [0.3, 0.4) is 0 Å². The Labute approximate surface area is 188 Å². The summed E-state index contributed by atoms with van der Waals surface area (Å²) in [5, 5.41) is 19.4. The monoisotopic (exact) mass is 441 g/mol. The fraction of sp³-hybridized carbons (Fsp3) is 0.280. The zero-order valence-corrected chi connectivity index (χ0v) is 18.3. The van der Waals surface area contributed by atoms with E-state index in [4.69, 9.17) is 31.9 Å². The fourth-order valence-corrected chi connectivity index (χ4v) is 3.74. The van der Waals surface area contributed by atoms with E-state index in [9.17, 15) is 5.11 Å². The largest absolute Gasteiger partial charge is 0.489 e. The van der Waals surface area contributed by atoms with Gasteiger partial charge in [0.2, 0.25) is 0 Å². The third-order valence-electron chi connectivity index (χ3n) is 4.99. The normalized spacial score (nSPS) is 14.0. The second-order valence-corrected chi connectivity index (χ2v) is 8.18. The topological polar surface area (TPSA) is 84.9 Å². The number of halogens is 1. The summed E-state index contributed by atoms with van der Waals surface area (Å²) in [6.45, 7) is 2.22. The van der Waals surface area contributed by atoms with Gasteiger partial charge >= 0.3 is 0 Å². The third-order valence-corrected chi connectivity index (χ3v) is 5.30. The Hall–Kier alpha value is -2.57. The minimum atomic E-state index is -0.831. The maximum atomic E-state index is 9.99. The van der Waals surface area contributed by atoms with Gasteiger partial charge in [-0.2, -0.15) is 0 Å². The van der Waals surface area contributed by atoms with Gasteiger partial charge in [0, 0.05) is 17.2 Å². The number of ether oxygens (including phenoxy) is 2. The molecule has 0 saturated heterocycles. The molecule has 0 aliphatic rings. The Kier molecular flexibility index (Phi) is 7.93. The van der Waals surface area contributed by atoms with Crippen LogP contribution in [0.2, 0.25) is 5.02 Å². The van der Waals surface area contributed by atoms with E-state index in [2.05, 4.69) is 0 Å². The Morgan fingerprint density at radius 2 is 1.61 bits per heavy atom. The molecule has 164 valence electrons. The molecule has 0 saturated carbocycles. The Balaban J connectivity index is 1.61. The molecular formula is C25H28ClNO4. The van der Waals surface area contributed by atoms with Crippen LogP contribution in [0.1, 0.15) is 30.9 Å². The molecule has 0 fully saturated rings. The predicted octanol–water partition coefficient (Wildman–Crippen LogP) is 5.02. The standard InChI is InChI=1S/C25H28ClNO4/c1-25(27,16-19(29)13-14-28)23-12-11-22(15-24(23)26)31-21-9-7-20(8-10-21)30-17-18-5-3-2-4-6-18/h2-12,15,19,28-29H,13-14,16-17,27H2,1H3. The Morgan fingerprint density at radius 1 is 0.968 bits per heavy atom. The van der Waals surface area contributed by atoms with E-state index in [1.54, 1.807) is 18.2 Å². The number of aliphatic hydroxyl groups excluding tert-OH is 2. The van der Waals surface area contributed by atoms with Crippen molar-refractivity contribution in [3.8, 4) is 17.2 Å². The van der Waals surface area contributed by atoms with Crippen LogP contribution in [0.25, 0.3) is 0 Å². The number of rotatable bonds is 10. The maximum Gasteiger partial charge on any atom is 0.128 e. The summed E-state index contributed by atoms with van der Waals surface area (Å²) in [5.74, 6) is 1.99. The highest BCUT2D eigenvalue weighted by molar-refractivity contribution is 6.31. The van der Waals surface area contributed by atoms with Crippen molar-refractivity contribution in [2.75, 3.05) is 6.61 Å². The van der Waals surface area contributed by atoms with Gasteiger partial charge in [0.1, 0.15) is 23.9 Å². The first-order chi connectivity index (χ1) is 14.9. The molecule has 3 rings (SSSR count). The molecule has 3 aromatic carbocycles. The lowest BCUT2D eigenvalue weighted by Crippen LogP contribution is -2.37. The second kappa shape index (κ2) is 10.6. The van der Waals surface area contributed by atoms with Gasteiger partial charge in [0.05, 0.1) is 6.10 Å². The van der Waals surface area contributed by atoms with Crippen molar-refractivity contribution in [3.05, 3.63) is 88.9 Å². The highest BCUT2D eigenvalue weighted by Crippen LogP contribution is 2.34. The summed E-state index contributed by atoms with van der Waals surface area (Å²) in [4.78, 5) is 0. The van der Waals surface area contributed by atoms with Crippen molar-refractivity contribution in [2.24, 2.45) is 5.73 Å². The smallest absolute Gasteiger partial charge is 0.128 e. The van der Waals surface area contributed by atoms with Crippen molar-refractivity contribution >= 4 is 11.6 Å². The van der Waals surface area contributed by atoms with Crippen molar-refractivity contribution in [1.29, 1.82) is 0 Å². The van der Waals surface area contributed by atoms with E-state index in [-0.39, 0.29) is 19.4 Å². The van der Waals surface area contributed by atoms with Gasteiger partial charge < -0.3 is 25.4 Å². The molecule has 6 heteroatoms. The minimum absolute atomic E-state index is 0.0894. The molecular weight excluding hydrogens is 414 g/mol. The van der Waals surface area contributed by atoms with Gasteiger partial charge in [-0.3, -0.25) is 0 Å². The summed E-state index contributed by atoms with van der Waals surface area (Å²) in [5.41, 5.74) is 7.36. The maximum absolute atomic E-state index is 9.99. The lowest BCUT2D eigenvalue weighted by Gasteiger charge is -2.29. The zero-order chi connectivity index (χ0) is 22.3. The van der Waals surface area contributed by atoms with Crippen molar-refractivity contribution < 1.29 is 19.7 Å². The van der Waals surface area contributed by atoms with Gasteiger partial charge in [-0.15, -0.1) is 0 Å². The van der Waals surface area contributed by atoms with E-state index < -0.39 is 11.6 Å². The van der Waals surface area contributed by atoms with E-state index >= 15 is 0 Å². The number of hydrogen-bond acceptors (Lipinski definition) is 5. The number of aliphatic hydroxyl groups is 2. The lowest BCUT2D eigenvalue weighted by atomic mass is 9.86. The molecule has 0 aliphatic heterocycles. The van der Waals surface area contributed by atoms with Gasteiger partial charge in [-0.05, 0) is 67.3 Å². The number of nitrogens with two attached hydrogens (primary N) is 1. The first kappa shape index (κ1) is 23.1. The van der Waals surface area contributed by atoms with Gasteiger partial charge in [-0.25, -0.2) is 0 Å². The number of hydrogen-bond donors (Lipinski definition) is 3. The summed E-state index contributed by atoms with van der Waals surface area (Å²) in [7, 11) is 0. The molecule has 0 spiro atoms. The molecule has 4 N–H and O–H groups in total. The summed E-state index contributed by atoms with van der Waals surface area (Å²) in [6, 6.07) is 22.7. The van der Waals surface area contributed by atoms with Crippen LogP contribution in [0, 0.1) is 0 Å². The van der Waals surface area contributed by atoms with Crippen LogP contribution >= 0.6 is 11.6 Å². The van der Waals surface area contributed by atoms with Gasteiger partial charge in [0.15, 0.2) is 0 Å². The van der Waals surface area contributed by atoms with Crippen LogP contribution in [-0.4, -0.2) is 22.9 Å². The molecule has 2 unspecified atom stereocenters. The van der Waals surface area contributed by atoms with Crippen LogP contribution < -0.4 is 15.2 Å². The highest BCUT2D eigenvalue weighted by atomic mass is 35.5. The molecule has 2 atom stereocenters. The first-order valence-corrected chi connectivity index (χ1v) is 10.6. The predicted molar refractivity (Wildman–Crippen MR) is 123 cm³/mol. The molecule has 0 amide bonds. The zero-order valence-electron chi connectivity index (χ0n) is 17.5. The lowest BCUT2D eigenvalue weighted by molar-refractivity contribution is 0.103. The number of benzene rings is 3. The van der Waals surface area contributed by atoms with E-state index in [1.807, 2.05) is 61.5 Å². The van der Waals surface area contributed by atoms with Gasteiger partial charge in [-0.1, -0.05) is 48.0 Å². The average molecular weight is 442 g/mol. The van der Waals surface area contributed by atoms with Gasteiger partial charge in [0.25, 0.3) is 0 Å². The van der Waals surface area contributed by atoms with Crippen molar-refractivity contribution in [2.45, 2.75) is 38.0 Å². The molecule has 0 heterocycles.